The Labute approximate surface area is 126 Å². The number of benzene rings is 1. The second-order valence-electron chi connectivity index (χ2n) is 6.00. The minimum atomic E-state index is -0.988. The van der Waals surface area contributed by atoms with Gasteiger partial charge in [-0.1, -0.05) is 6.07 Å². The van der Waals surface area contributed by atoms with Gasteiger partial charge in [0.15, 0.2) is 0 Å². The number of hydrogen-bond donors (Lipinski definition) is 1. The molecule has 1 aromatic rings. The van der Waals surface area contributed by atoms with Gasteiger partial charge in [-0.25, -0.2) is 13.6 Å². The van der Waals surface area contributed by atoms with E-state index in [1.807, 2.05) is 0 Å². The summed E-state index contributed by atoms with van der Waals surface area (Å²) in [5, 5.41) is 9.22. The number of aliphatic carboxylic acids is 1. The Morgan fingerprint density at radius 3 is 2.68 bits per heavy atom. The Morgan fingerprint density at radius 2 is 2.00 bits per heavy atom. The van der Waals surface area contributed by atoms with E-state index in [4.69, 9.17) is 0 Å². The molecule has 0 unspecified atom stereocenters. The van der Waals surface area contributed by atoms with Crippen molar-refractivity contribution < 1.29 is 23.5 Å². The van der Waals surface area contributed by atoms with Gasteiger partial charge >= 0.3 is 5.97 Å². The van der Waals surface area contributed by atoms with Crippen LogP contribution < -0.4 is 0 Å². The summed E-state index contributed by atoms with van der Waals surface area (Å²) < 4.78 is 26.7. The Morgan fingerprint density at radius 1 is 1.23 bits per heavy atom. The zero-order valence-corrected chi connectivity index (χ0v) is 12.0. The topological polar surface area (TPSA) is 57.6 Å². The minimum Gasteiger partial charge on any atom is -0.480 e. The highest BCUT2D eigenvalue weighted by atomic mass is 19.1. The first-order chi connectivity index (χ1) is 10.5. The fraction of sp³-hybridized carbons (Fsp3) is 0.500. The number of hydrogen-bond acceptors (Lipinski definition) is 2. The van der Waals surface area contributed by atoms with Crippen molar-refractivity contribution in [2.75, 3.05) is 6.54 Å². The lowest BCUT2D eigenvalue weighted by molar-refractivity contribution is -0.152. The third-order valence-corrected chi connectivity index (χ3v) is 4.54. The van der Waals surface area contributed by atoms with Gasteiger partial charge in [-0.05, 0) is 43.2 Å². The molecule has 1 amide bonds. The first kappa shape index (κ1) is 14.9. The number of nitrogens with zero attached hydrogens (tertiary/aromatic N) is 1. The Hall–Kier alpha value is -1.98. The van der Waals surface area contributed by atoms with Crippen LogP contribution in [-0.4, -0.2) is 34.5 Å². The highest BCUT2D eigenvalue weighted by Gasteiger charge is 2.49. The molecule has 22 heavy (non-hydrogen) atoms. The van der Waals surface area contributed by atoms with Crippen LogP contribution in [0.2, 0.25) is 0 Å². The lowest BCUT2D eigenvalue weighted by atomic mass is 10.0. The number of likely N-dealkylation sites (tertiary alicyclic amines) is 1. The predicted octanol–water partition coefficient (Wildman–Crippen LogP) is 2.53. The average molecular weight is 309 g/mol. The lowest BCUT2D eigenvalue weighted by Crippen LogP contribution is -2.48. The highest BCUT2D eigenvalue weighted by Crippen LogP contribution is 2.49. The summed E-state index contributed by atoms with van der Waals surface area (Å²) in [5.74, 6) is -3.16. The van der Waals surface area contributed by atoms with Crippen LogP contribution in [0.1, 0.15) is 37.2 Å². The molecule has 4 nitrogen and oxygen atoms in total. The molecule has 118 valence electrons. The van der Waals surface area contributed by atoms with Gasteiger partial charge in [0.2, 0.25) is 5.91 Å². The maximum atomic E-state index is 13.8. The van der Waals surface area contributed by atoms with Crippen LogP contribution >= 0.6 is 0 Å². The van der Waals surface area contributed by atoms with E-state index < -0.39 is 23.6 Å². The van der Waals surface area contributed by atoms with Gasteiger partial charge in [0.1, 0.15) is 17.7 Å². The standard InChI is InChI=1S/C16H17F2NO3/c17-9-4-5-10(13(18)7-9)11-8-12(11)15(20)19-6-2-1-3-14(19)16(21)22/h4-5,7,11-12,14H,1-3,6,8H2,(H,21,22)/t11-,12+,14-/m1/s1. The minimum absolute atomic E-state index is 0.221. The molecule has 1 aliphatic heterocycles. The van der Waals surface area contributed by atoms with Crippen molar-refractivity contribution >= 4 is 11.9 Å². The molecule has 1 saturated carbocycles. The Kier molecular flexibility index (Phi) is 3.85. The van der Waals surface area contributed by atoms with E-state index in [9.17, 15) is 23.5 Å². The van der Waals surface area contributed by atoms with Crippen molar-refractivity contribution in [3.63, 3.8) is 0 Å². The van der Waals surface area contributed by atoms with E-state index in [1.165, 1.54) is 17.0 Å². The molecule has 0 aromatic heterocycles. The van der Waals surface area contributed by atoms with E-state index in [2.05, 4.69) is 0 Å². The summed E-state index contributed by atoms with van der Waals surface area (Å²) in [7, 11) is 0. The van der Waals surface area contributed by atoms with E-state index in [0.717, 1.165) is 18.9 Å². The monoisotopic (exact) mass is 309 g/mol. The van der Waals surface area contributed by atoms with Crippen LogP contribution in [0, 0.1) is 17.6 Å². The first-order valence-electron chi connectivity index (χ1n) is 7.47. The summed E-state index contributed by atoms with van der Waals surface area (Å²) >= 11 is 0. The first-order valence-corrected chi connectivity index (χ1v) is 7.47. The van der Waals surface area contributed by atoms with E-state index >= 15 is 0 Å². The van der Waals surface area contributed by atoms with Crippen molar-refractivity contribution in [2.24, 2.45) is 5.92 Å². The number of rotatable bonds is 3. The fourth-order valence-electron chi connectivity index (χ4n) is 3.28. The summed E-state index contributed by atoms with van der Waals surface area (Å²) in [6, 6.07) is 2.59. The number of carboxylic acids is 1. The van der Waals surface area contributed by atoms with Crippen molar-refractivity contribution in [1.82, 2.24) is 4.90 Å². The molecule has 3 rings (SSSR count). The maximum absolute atomic E-state index is 13.8. The molecule has 1 aliphatic carbocycles. The molecule has 0 radical (unpaired) electrons. The lowest BCUT2D eigenvalue weighted by Gasteiger charge is -2.33. The van der Waals surface area contributed by atoms with Crippen LogP contribution in [0.5, 0.6) is 0 Å². The van der Waals surface area contributed by atoms with Crippen LogP contribution in [0.4, 0.5) is 8.78 Å². The van der Waals surface area contributed by atoms with E-state index in [0.29, 0.717) is 24.9 Å². The van der Waals surface area contributed by atoms with Crippen LogP contribution in [-0.2, 0) is 9.59 Å². The van der Waals surface area contributed by atoms with Crippen molar-refractivity contribution in [2.45, 2.75) is 37.6 Å². The molecular formula is C16H17F2NO3. The molecular weight excluding hydrogens is 292 g/mol. The van der Waals surface area contributed by atoms with E-state index in [1.54, 1.807) is 0 Å². The Balaban J connectivity index is 1.73. The smallest absolute Gasteiger partial charge is 0.326 e. The summed E-state index contributed by atoms with van der Waals surface area (Å²) in [4.78, 5) is 25.2. The summed E-state index contributed by atoms with van der Waals surface area (Å²) in [5.41, 5.74) is 0.337. The van der Waals surface area contributed by atoms with Gasteiger partial charge in [-0.15, -0.1) is 0 Å². The van der Waals surface area contributed by atoms with Gasteiger partial charge in [-0.2, -0.15) is 0 Å². The van der Waals surface area contributed by atoms with Gasteiger partial charge in [0.05, 0.1) is 0 Å². The number of carboxylic acid groups (broad SMARTS) is 1. The second kappa shape index (κ2) is 5.66. The molecule has 1 heterocycles. The predicted molar refractivity (Wildman–Crippen MR) is 74.2 cm³/mol. The van der Waals surface area contributed by atoms with Crippen LogP contribution in [0.15, 0.2) is 18.2 Å². The zero-order chi connectivity index (χ0) is 15.9. The van der Waals surface area contributed by atoms with Crippen LogP contribution in [0.25, 0.3) is 0 Å². The number of carbonyl (C=O) groups is 2. The second-order valence-corrected chi connectivity index (χ2v) is 6.00. The zero-order valence-electron chi connectivity index (χ0n) is 12.0. The van der Waals surface area contributed by atoms with E-state index in [-0.39, 0.29) is 17.7 Å². The van der Waals surface area contributed by atoms with Crippen LogP contribution in [0.3, 0.4) is 0 Å². The molecule has 1 saturated heterocycles. The molecule has 1 aromatic carbocycles. The fourth-order valence-corrected chi connectivity index (χ4v) is 3.28. The SMILES string of the molecule is O=C(O)[C@H]1CCCCN1C(=O)[C@H]1C[C@@H]1c1ccc(F)cc1F. The van der Waals surface area contributed by atoms with Gasteiger partial charge in [-0.3, -0.25) is 4.79 Å². The maximum Gasteiger partial charge on any atom is 0.326 e. The molecule has 2 fully saturated rings. The number of carbonyl (C=O) groups excluding carboxylic acids is 1. The van der Waals surface area contributed by atoms with Crippen molar-refractivity contribution in [3.8, 4) is 0 Å². The van der Waals surface area contributed by atoms with Crippen molar-refractivity contribution in [1.29, 1.82) is 0 Å². The number of halogens is 2. The molecule has 1 N–H and O–H groups in total. The van der Waals surface area contributed by atoms with Crippen molar-refractivity contribution in [3.05, 3.63) is 35.4 Å². The van der Waals surface area contributed by atoms with Gasteiger partial charge in [0.25, 0.3) is 0 Å². The number of piperidine rings is 1. The molecule has 6 heteroatoms. The normalized spacial score (nSPS) is 27.5. The Bertz CT molecular complexity index is 619. The molecule has 2 aliphatic rings. The third-order valence-electron chi connectivity index (χ3n) is 4.54. The number of amides is 1. The summed E-state index contributed by atoms with van der Waals surface area (Å²) in [6.45, 7) is 0.435. The molecule has 0 spiro atoms. The molecule has 0 bridgehead atoms. The van der Waals surface area contributed by atoms with Gasteiger partial charge < -0.3 is 10.0 Å². The highest BCUT2D eigenvalue weighted by molar-refractivity contribution is 5.87. The quantitative estimate of drug-likeness (QED) is 0.933. The third kappa shape index (κ3) is 2.69. The largest absolute Gasteiger partial charge is 0.480 e. The van der Waals surface area contributed by atoms with Gasteiger partial charge in [0, 0.05) is 18.5 Å². The summed E-state index contributed by atoms with van der Waals surface area (Å²) in [6.07, 6.45) is 2.53. The molecule has 3 atom stereocenters. The average Bonchev–Trinajstić information content (AvgIpc) is 3.26.